The second-order valence-corrected chi connectivity index (χ2v) is 4.89. The van der Waals surface area contributed by atoms with Gasteiger partial charge in [-0.15, -0.1) is 0 Å². The van der Waals surface area contributed by atoms with E-state index in [9.17, 15) is 4.79 Å². The molecule has 1 aliphatic rings. The van der Waals surface area contributed by atoms with E-state index in [1.54, 1.807) is 6.07 Å². The maximum atomic E-state index is 12.1. The number of benzene rings is 1. The summed E-state index contributed by atoms with van der Waals surface area (Å²) in [6, 6.07) is 7.38. The Balaban J connectivity index is 1.89. The van der Waals surface area contributed by atoms with Crippen molar-refractivity contribution in [2.75, 3.05) is 13.1 Å². The lowest BCUT2D eigenvalue weighted by Crippen LogP contribution is -2.25. The Kier molecular flexibility index (Phi) is 5.00. The number of rotatable bonds is 5. The highest BCUT2D eigenvalue weighted by atomic mass is 16.1. The summed E-state index contributed by atoms with van der Waals surface area (Å²) in [7, 11) is 0. The summed E-state index contributed by atoms with van der Waals surface area (Å²) in [6.45, 7) is 1.05. The van der Waals surface area contributed by atoms with Gasteiger partial charge < -0.3 is 11.1 Å². The van der Waals surface area contributed by atoms with Gasteiger partial charge in [-0.2, -0.15) is 0 Å². The number of carbonyl (C=O) groups is 1. The number of hydrogen-bond acceptors (Lipinski definition) is 2. The van der Waals surface area contributed by atoms with Crippen LogP contribution >= 0.6 is 0 Å². The topological polar surface area (TPSA) is 55.1 Å². The molecule has 0 bridgehead atoms. The molecule has 0 aliphatic heterocycles. The second-order valence-electron chi connectivity index (χ2n) is 4.89. The van der Waals surface area contributed by atoms with Crippen molar-refractivity contribution in [2.24, 2.45) is 11.7 Å². The van der Waals surface area contributed by atoms with Crippen molar-refractivity contribution in [2.45, 2.75) is 25.7 Å². The van der Waals surface area contributed by atoms with Crippen molar-refractivity contribution >= 4 is 5.91 Å². The van der Waals surface area contributed by atoms with Crippen LogP contribution in [-0.2, 0) is 0 Å². The normalized spacial score (nSPS) is 13.5. The van der Waals surface area contributed by atoms with Crippen LogP contribution in [0, 0.1) is 17.8 Å². The molecule has 1 aliphatic carbocycles. The third kappa shape index (κ3) is 4.42. The van der Waals surface area contributed by atoms with Gasteiger partial charge in [0.1, 0.15) is 0 Å². The molecule has 1 saturated carbocycles. The highest BCUT2D eigenvalue weighted by Gasteiger charge is 2.20. The Labute approximate surface area is 114 Å². The highest BCUT2D eigenvalue weighted by Crippen LogP contribution is 2.33. The molecular weight excluding hydrogens is 236 g/mol. The predicted molar refractivity (Wildman–Crippen MR) is 76.7 cm³/mol. The molecule has 0 aromatic heterocycles. The van der Waals surface area contributed by atoms with E-state index in [1.165, 1.54) is 19.3 Å². The molecule has 3 N–H and O–H groups in total. The van der Waals surface area contributed by atoms with Crippen LogP contribution < -0.4 is 11.1 Å². The number of hydrogen-bond donors (Lipinski definition) is 2. The van der Waals surface area contributed by atoms with Gasteiger partial charge in [-0.1, -0.05) is 36.8 Å². The summed E-state index contributed by atoms with van der Waals surface area (Å²) in [4.78, 5) is 12.1. The number of carbonyl (C=O) groups excluding carboxylic acids is 1. The molecule has 3 heteroatoms. The fraction of sp³-hybridized carbons (Fsp3) is 0.438. The molecule has 0 heterocycles. The molecule has 0 atom stereocenters. The fourth-order valence-electron chi connectivity index (χ4n) is 2.03. The Bertz CT molecular complexity index is 495. The van der Waals surface area contributed by atoms with Crippen molar-refractivity contribution in [1.29, 1.82) is 0 Å². The van der Waals surface area contributed by atoms with Gasteiger partial charge in [-0.3, -0.25) is 4.79 Å². The van der Waals surface area contributed by atoms with Crippen molar-refractivity contribution in [3.63, 3.8) is 0 Å². The van der Waals surface area contributed by atoms with E-state index in [0.29, 0.717) is 12.1 Å². The summed E-state index contributed by atoms with van der Waals surface area (Å²) < 4.78 is 0. The second kappa shape index (κ2) is 6.96. The SMILES string of the molecule is NCC#Cc1ccccc1C(=O)NCCCC1CC1. The summed E-state index contributed by atoms with van der Waals surface area (Å²) >= 11 is 0. The van der Waals surface area contributed by atoms with Crippen LogP contribution in [0.5, 0.6) is 0 Å². The third-order valence-electron chi connectivity index (χ3n) is 3.27. The first-order valence-electron chi connectivity index (χ1n) is 6.87. The monoisotopic (exact) mass is 256 g/mol. The van der Waals surface area contributed by atoms with E-state index in [4.69, 9.17) is 5.73 Å². The number of nitrogens with two attached hydrogens (primary N) is 1. The summed E-state index contributed by atoms with van der Waals surface area (Å²) in [5.74, 6) is 6.60. The molecule has 3 nitrogen and oxygen atoms in total. The van der Waals surface area contributed by atoms with Crippen LogP contribution in [0.25, 0.3) is 0 Å². The van der Waals surface area contributed by atoms with E-state index in [0.717, 1.165) is 24.4 Å². The zero-order valence-corrected chi connectivity index (χ0v) is 11.1. The van der Waals surface area contributed by atoms with Gasteiger partial charge in [-0.25, -0.2) is 0 Å². The molecule has 0 radical (unpaired) electrons. The van der Waals surface area contributed by atoms with E-state index in [-0.39, 0.29) is 5.91 Å². The molecule has 19 heavy (non-hydrogen) atoms. The van der Waals surface area contributed by atoms with Gasteiger partial charge >= 0.3 is 0 Å². The lowest BCUT2D eigenvalue weighted by atomic mass is 10.1. The maximum absolute atomic E-state index is 12.1. The van der Waals surface area contributed by atoms with Crippen LogP contribution in [0.15, 0.2) is 24.3 Å². The quantitative estimate of drug-likeness (QED) is 0.624. The van der Waals surface area contributed by atoms with E-state index in [1.807, 2.05) is 18.2 Å². The molecular formula is C16H20N2O. The molecule has 1 fully saturated rings. The average Bonchev–Trinajstić information content (AvgIpc) is 3.25. The van der Waals surface area contributed by atoms with Crippen LogP contribution in [0.2, 0.25) is 0 Å². The molecule has 0 saturated heterocycles. The predicted octanol–water partition coefficient (Wildman–Crippen LogP) is 1.92. The smallest absolute Gasteiger partial charge is 0.252 e. The van der Waals surface area contributed by atoms with E-state index < -0.39 is 0 Å². The van der Waals surface area contributed by atoms with E-state index >= 15 is 0 Å². The van der Waals surface area contributed by atoms with Crippen LogP contribution in [0.4, 0.5) is 0 Å². The molecule has 0 unspecified atom stereocenters. The van der Waals surface area contributed by atoms with Gasteiger partial charge in [0.25, 0.3) is 5.91 Å². The van der Waals surface area contributed by atoms with Gasteiger partial charge in [0.15, 0.2) is 0 Å². The zero-order valence-electron chi connectivity index (χ0n) is 11.1. The standard InChI is InChI=1S/C16H20N2O/c17-11-3-7-14-6-1-2-8-15(14)16(19)18-12-4-5-13-9-10-13/h1-2,6,8,13H,4-5,9-12,17H2,(H,18,19). The average molecular weight is 256 g/mol. The first kappa shape index (κ1) is 13.6. The van der Waals surface area contributed by atoms with E-state index in [2.05, 4.69) is 17.2 Å². The summed E-state index contributed by atoms with van der Waals surface area (Å²) in [6.07, 6.45) is 5.03. The minimum absolute atomic E-state index is 0.0438. The van der Waals surface area contributed by atoms with Crippen molar-refractivity contribution < 1.29 is 4.79 Å². The van der Waals surface area contributed by atoms with Gasteiger partial charge in [0.05, 0.1) is 12.1 Å². The first-order valence-corrected chi connectivity index (χ1v) is 6.87. The van der Waals surface area contributed by atoms with Crippen LogP contribution in [-0.4, -0.2) is 19.0 Å². The van der Waals surface area contributed by atoms with Crippen molar-refractivity contribution in [1.82, 2.24) is 5.32 Å². The van der Waals surface area contributed by atoms with Crippen LogP contribution in [0.3, 0.4) is 0 Å². The zero-order chi connectivity index (χ0) is 13.5. The number of amides is 1. The highest BCUT2D eigenvalue weighted by molar-refractivity contribution is 5.96. The molecule has 1 aromatic rings. The molecule has 1 amide bonds. The summed E-state index contributed by atoms with van der Waals surface area (Å²) in [5.41, 5.74) is 6.74. The Morgan fingerprint density at radius 2 is 2.16 bits per heavy atom. The first-order chi connectivity index (χ1) is 9.31. The lowest BCUT2D eigenvalue weighted by Gasteiger charge is -2.06. The van der Waals surface area contributed by atoms with Gasteiger partial charge in [0, 0.05) is 12.1 Å². The number of nitrogens with one attached hydrogen (secondary N) is 1. The summed E-state index contributed by atoms with van der Waals surface area (Å²) in [5, 5.41) is 2.96. The molecule has 1 aromatic carbocycles. The third-order valence-corrected chi connectivity index (χ3v) is 3.27. The Morgan fingerprint density at radius 1 is 1.37 bits per heavy atom. The molecule has 2 rings (SSSR count). The minimum atomic E-state index is -0.0438. The van der Waals surface area contributed by atoms with Crippen LogP contribution in [0.1, 0.15) is 41.6 Å². The maximum Gasteiger partial charge on any atom is 0.252 e. The fourth-order valence-corrected chi connectivity index (χ4v) is 2.03. The lowest BCUT2D eigenvalue weighted by molar-refractivity contribution is 0.0952. The van der Waals surface area contributed by atoms with Crippen molar-refractivity contribution in [3.05, 3.63) is 35.4 Å². The Morgan fingerprint density at radius 3 is 2.89 bits per heavy atom. The molecule has 100 valence electrons. The Hall–Kier alpha value is -1.79. The van der Waals surface area contributed by atoms with Crippen molar-refractivity contribution in [3.8, 4) is 11.8 Å². The molecule has 0 spiro atoms. The minimum Gasteiger partial charge on any atom is -0.352 e. The van der Waals surface area contributed by atoms with Gasteiger partial charge in [0.2, 0.25) is 0 Å². The largest absolute Gasteiger partial charge is 0.352 e. The van der Waals surface area contributed by atoms with Gasteiger partial charge in [-0.05, 0) is 30.9 Å².